The summed E-state index contributed by atoms with van der Waals surface area (Å²) in [6, 6.07) is 10.7. The van der Waals surface area contributed by atoms with Gasteiger partial charge in [0, 0.05) is 16.0 Å². The van der Waals surface area contributed by atoms with Gasteiger partial charge >= 0.3 is 0 Å². The van der Waals surface area contributed by atoms with Crippen molar-refractivity contribution in [3.63, 3.8) is 0 Å². The van der Waals surface area contributed by atoms with E-state index in [2.05, 4.69) is 31.2 Å². The number of hydrogen-bond donors (Lipinski definition) is 4. The van der Waals surface area contributed by atoms with Crippen LogP contribution in [0.2, 0.25) is 0 Å². The van der Waals surface area contributed by atoms with Gasteiger partial charge in [0.25, 0.3) is 5.91 Å². The predicted octanol–water partition coefficient (Wildman–Crippen LogP) is 4.11. The minimum atomic E-state index is -0.728. The van der Waals surface area contributed by atoms with Crippen LogP contribution in [0.25, 0.3) is 11.3 Å². The minimum absolute atomic E-state index is 0.152. The van der Waals surface area contributed by atoms with Crippen LogP contribution in [0.5, 0.6) is 0 Å². The summed E-state index contributed by atoms with van der Waals surface area (Å²) in [7, 11) is 0. The number of carbonyl (C=O) groups excluding carboxylic acids is 1. The fraction of sp³-hybridized carbons (Fsp3) is 0.320. The molecule has 1 saturated carbocycles. The van der Waals surface area contributed by atoms with Crippen molar-refractivity contribution in [3.8, 4) is 11.3 Å². The molecule has 1 fully saturated rings. The number of nitrogens with zero attached hydrogens (tertiary/aromatic N) is 2. The second kappa shape index (κ2) is 10.6. The van der Waals surface area contributed by atoms with Gasteiger partial charge in [0.2, 0.25) is 0 Å². The predicted molar refractivity (Wildman–Crippen MR) is 130 cm³/mol. The van der Waals surface area contributed by atoms with Crippen LogP contribution in [0.4, 0.5) is 10.2 Å². The van der Waals surface area contributed by atoms with Crippen molar-refractivity contribution in [3.05, 3.63) is 75.8 Å². The van der Waals surface area contributed by atoms with E-state index in [1.54, 1.807) is 30.5 Å². The third-order valence-electron chi connectivity index (χ3n) is 6.16. The van der Waals surface area contributed by atoms with Crippen LogP contribution in [0.15, 0.2) is 53.1 Å². The van der Waals surface area contributed by atoms with Gasteiger partial charge in [-0.3, -0.25) is 4.79 Å². The molecule has 1 aliphatic rings. The molecule has 0 bridgehead atoms. The van der Waals surface area contributed by atoms with E-state index in [0.717, 1.165) is 23.0 Å². The van der Waals surface area contributed by atoms with Gasteiger partial charge in [0.15, 0.2) is 0 Å². The standard InChI is InChI=1S/C25H26BrFN4O3/c26-17-3-1-2-15(10-17)22(13-32)31-25(34)19-9-6-16(11-20(19)27)23-24(28)29-12-21(30-23)14-4-7-18(33)8-5-14/h1-3,6,9-12,14,18,22,32-33H,4-5,7-8,13H2,(H2,28,29)(H,31,34)/t14-,18-,22-/m1/s1. The highest BCUT2D eigenvalue weighted by molar-refractivity contribution is 9.10. The minimum Gasteiger partial charge on any atom is -0.394 e. The lowest BCUT2D eigenvalue weighted by Gasteiger charge is -2.25. The lowest BCUT2D eigenvalue weighted by molar-refractivity contribution is 0.0912. The van der Waals surface area contributed by atoms with Gasteiger partial charge in [-0.25, -0.2) is 14.4 Å². The van der Waals surface area contributed by atoms with E-state index in [1.807, 2.05) is 6.07 Å². The summed E-state index contributed by atoms with van der Waals surface area (Å²) in [4.78, 5) is 21.6. The molecule has 2 aromatic carbocycles. The van der Waals surface area contributed by atoms with Crippen molar-refractivity contribution in [1.29, 1.82) is 0 Å². The second-order valence-corrected chi connectivity index (χ2v) is 9.41. The van der Waals surface area contributed by atoms with Crippen molar-refractivity contribution >= 4 is 27.7 Å². The zero-order chi connectivity index (χ0) is 24.2. The van der Waals surface area contributed by atoms with Crippen molar-refractivity contribution in [2.45, 2.75) is 43.7 Å². The summed E-state index contributed by atoms with van der Waals surface area (Å²) in [5.74, 6) is -1.03. The number of nitrogens with one attached hydrogen (secondary N) is 1. The molecule has 1 aliphatic carbocycles. The number of benzene rings is 2. The maximum absolute atomic E-state index is 15.0. The fourth-order valence-corrected chi connectivity index (χ4v) is 4.65. The van der Waals surface area contributed by atoms with E-state index < -0.39 is 17.8 Å². The van der Waals surface area contributed by atoms with Crippen molar-refractivity contribution in [2.75, 3.05) is 12.3 Å². The Kier molecular flexibility index (Phi) is 7.55. The molecule has 34 heavy (non-hydrogen) atoms. The average Bonchev–Trinajstić information content (AvgIpc) is 2.83. The number of nitrogens with two attached hydrogens (primary N) is 1. The Morgan fingerprint density at radius 3 is 2.65 bits per heavy atom. The van der Waals surface area contributed by atoms with Crippen LogP contribution < -0.4 is 11.1 Å². The number of aliphatic hydroxyl groups excluding tert-OH is 2. The van der Waals surface area contributed by atoms with E-state index in [0.29, 0.717) is 29.7 Å². The number of nitrogen functional groups attached to an aromatic ring is 1. The van der Waals surface area contributed by atoms with Gasteiger partial charge in [-0.1, -0.05) is 34.1 Å². The molecule has 0 radical (unpaired) electrons. The van der Waals surface area contributed by atoms with E-state index in [1.165, 1.54) is 12.1 Å². The highest BCUT2D eigenvalue weighted by atomic mass is 79.9. The highest BCUT2D eigenvalue weighted by Crippen LogP contribution is 2.34. The van der Waals surface area contributed by atoms with E-state index >= 15 is 0 Å². The maximum Gasteiger partial charge on any atom is 0.254 e. The number of carbonyl (C=O) groups is 1. The van der Waals surface area contributed by atoms with E-state index in [-0.39, 0.29) is 30.0 Å². The van der Waals surface area contributed by atoms with Gasteiger partial charge in [-0.05, 0) is 55.5 Å². The first-order valence-corrected chi connectivity index (χ1v) is 11.9. The average molecular weight is 529 g/mol. The van der Waals surface area contributed by atoms with Crippen LogP contribution in [-0.4, -0.2) is 38.8 Å². The summed E-state index contributed by atoms with van der Waals surface area (Å²) in [6.45, 7) is -0.334. The SMILES string of the molecule is Nc1ncc([C@H]2CC[C@H](O)CC2)nc1-c1ccc(C(=O)N[C@H](CO)c2cccc(Br)c2)c(F)c1. The number of hydrogen-bond acceptors (Lipinski definition) is 6. The molecule has 0 spiro atoms. The van der Waals surface area contributed by atoms with Crippen molar-refractivity contribution in [1.82, 2.24) is 15.3 Å². The maximum atomic E-state index is 15.0. The van der Waals surface area contributed by atoms with Crippen LogP contribution in [-0.2, 0) is 0 Å². The molecular formula is C25H26BrFN4O3. The summed E-state index contributed by atoms with van der Waals surface area (Å²) in [5.41, 5.74) is 8.11. The Morgan fingerprint density at radius 1 is 1.21 bits per heavy atom. The molecule has 1 heterocycles. The molecule has 1 amide bonds. The molecule has 0 unspecified atom stereocenters. The molecule has 5 N–H and O–H groups in total. The van der Waals surface area contributed by atoms with Gasteiger partial charge in [-0.15, -0.1) is 0 Å². The van der Waals surface area contributed by atoms with Gasteiger partial charge in [-0.2, -0.15) is 0 Å². The number of rotatable bonds is 6. The quantitative estimate of drug-likeness (QED) is 0.382. The third kappa shape index (κ3) is 5.43. The zero-order valence-corrected chi connectivity index (χ0v) is 20.0. The third-order valence-corrected chi connectivity index (χ3v) is 6.65. The molecular weight excluding hydrogens is 503 g/mol. The normalized spacial score (nSPS) is 18.9. The zero-order valence-electron chi connectivity index (χ0n) is 18.4. The molecule has 0 saturated heterocycles. The lowest BCUT2D eigenvalue weighted by Crippen LogP contribution is -2.31. The Morgan fingerprint density at radius 2 is 1.97 bits per heavy atom. The molecule has 9 heteroatoms. The molecule has 1 atom stereocenters. The molecule has 1 aromatic heterocycles. The summed E-state index contributed by atoms with van der Waals surface area (Å²) in [5, 5.41) is 22.2. The Balaban J connectivity index is 1.55. The Hall–Kier alpha value is -2.88. The van der Waals surface area contributed by atoms with E-state index in [9.17, 15) is 19.4 Å². The molecule has 0 aliphatic heterocycles. The van der Waals surface area contributed by atoms with Crippen LogP contribution in [0, 0.1) is 5.82 Å². The number of anilines is 1. The lowest BCUT2D eigenvalue weighted by atomic mass is 9.85. The Labute approximate surface area is 205 Å². The van der Waals surface area contributed by atoms with Crippen LogP contribution in [0.1, 0.15) is 59.3 Å². The number of amides is 1. The van der Waals surface area contributed by atoms with Crippen molar-refractivity contribution < 1.29 is 19.4 Å². The molecule has 7 nitrogen and oxygen atoms in total. The monoisotopic (exact) mass is 528 g/mol. The summed E-state index contributed by atoms with van der Waals surface area (Å²) in [6.07, 6.45) is 4.38. The van der Waals surface area contributed by atoms with Crippen LogP contribution >= 0.6 is 15.9 Å². The largest absolute Gasteiger partial charge is 0.394 e. The molecule has 4 rings (SSSR count). The second-order valence-electron chi connectivity index (χ2n) is 8.49. The first-order valence-electron chi connectivity index (χ1n) is 11.1. The number of aromatic nitrogens is 2. The van der Waals surface area contributed by atoms with Gasteiger partial charge in [0.1, 0.15) is 17.3 Å². The smallest absolute Gasteiger partial charge is 0.254 e. The molecule has 178 valence electrons. The first kappa shape index (κ1) is 24.3. The number of aliphatic hydroxyl groups is 2. The Bertz CT molecular complexity index is 1180. The number of halogens is 2. The van der Waals surface area contributed by atoms with E-state index in [4.69, 9.17) is 5.73 Å². The summed E-state index contributed by atoms with van der Waals surface area (Å²) < 4.78 is 15.8. The fourth-order valence-electron chi connectivity index (χ4n) is 4.23. The van der Waals surface area contributed by atoms with Gasteiger partial charge < -0.3 is 21.3 Å². The highest BCUT2D eigenvalue weighted by Gasteiger charge is 2.24. The van der Waals surface area contributed by atoms with Gasteiger partial charge in [0.05, 0.1) is 36.2 Å². The summed E-state index contributed by atoms with van der Waals surface area (Å²) >= 11 is 3.36. The first-order chi connectivity index (χ1) is 16.4. The topological polar surface area (TPSA) is 121 Å². The van der Waals surface area contributed by atoms with Crippen LogP contribution in [0.3, 0.4) is 0 Å². The van der Waals surface area contributed by atoms with Crippen molar-refractivity contribution in [2.24, 2.45) is 0 Å². The molecule has 3 aromatic rings.